The van der Waals surface area contributed by atoms with Crippen LogP contribution in [0.15, 0.2) is 42.5 Å². The molecule has 3 rings (SSSR count). The van der Waals surface area contributed by atoms with Crippen LogP contribution < -0.4 is 0 Å². The number of aromatic nitrogens is 1. The number of nitrogens with zero attached hydrogens (tertiary/aromatic N) is 2. The number of aryl methyl sites for hydroxylation is 1. The number of halogens is 3. The minimum atomic E-state index is -4.44. The van der Waals surface area contributed by atoms with Gasteiger partial charge in [0, 0.05) is 24.2 Å². The van der Waals surface area contributed by atoms with Gasteiger partial charge in [-0.1, -0.05) is 30.3 Å². The van der Waals surface area contributed by atoms with Gasteiger partial charge in [-0.05, 0) is 65.2 Å². The van der Waals surface area contributed by atoms with E-state index in [-0.39, 0.29) is 17.2 Å². The van der Waals surface area contributed by atoms with Crippen LogP contribution in [0.2, 0.25) is 0 Å². The molecule has 1 saturated heterocycles. The lowest BCUT2D eigenvalue weighted by Gasteiger charge is -2.42. The Morgan fingerprint density at radius 1 is 1.12 bits per heavy atom. The number of carbonyl (C=O) groups excluding carboxylic acids is 1. The summed E-state index contributed by atoms with van der Waals surface area (Å²) in [6, 6.07) is 12.0. The first-order valence-electron chi connectivity index (χ1n) is 11.5. The quantitative estimate of drug-likeness (QED) is 0.495. The molecule has 0 radical (unpaired) electrons. The number of benzene rings is 1. The highest BCUT2D eigenvalue weighted by molar-refractivity contribution is 5.68. The molecule has 2 heterocycles. The van der Waals surface area contributed by atoms with Crippen LogP contribution >= 0.6 is 0 Å². The van der Waals surface area contributed by atoms with Gasteiger partial charge in [0.1, 0.15) is 5.60 Å². The van der Waals surface area contributed by atoms with Crippen molar-refractivity contribution in [1.29, 1.82) is 0 Å². The number of pyridine rings is 1. The Kier molecular flexibility index (Phi) is 7.60. The predicted molar refractivity (Wildman–Crippen MR) is 124 cm³/mol. The van der Waals surface area contributed by atoms with Crippen LogP contribution in [0, 0.1) is 6.92 Å². The summed E-state index contributed by atoms with van der Waals surface area (Å²) in [6.07, 6.45) is -4.10. The van der Waals surface area contributed by atoms with E-state index in [0.29, 0.717) is 38.2 Å². The third-order valence-corrected chi connectivity index (χ3v) is 6.09. The Labute approximate surface area is 199 Å². The smallest absolute Gasteiger partial charge is 0.416 e. The molecule has 1 unspecified atom stereocenters. The topological polar surface area (TPSA) is 51.7 Å². The third-order valence-electron chi connectivity index (χ3n) is 6.09. The molecule has 5 nitrogen and oxygen atoms in total. The van der Waals surface area contributed by atoms with Crippen molar-refractivity contribution in [2.75, 3.05) is 19.7 Å². The first-order valence-corrected chi connectivity index (χ1v) is 11.5. The van der Waals surface area contributed by atoms with Gasteiger partial charge in [0.05, 0.1) is 24.0 Å². The largest absolute Gasteiger partial charge is 0.444 e. The van der Waals surface area contributed by atoms with Crippen LogP contribution in [0.1, 0.15) is 69.2 Å². The van der Waals surface area contributed by atoms with Gasteiger partial charge in [0.15, 0.2) is 0 Å². The monoisotopic (exact) mass is 478 g/mol. The van der Waals surface area contributed by atoms with E-state index in [4.69, 9.17) is 9.47 Å². The number of piperidine rings is 1. The summed E-state index contributed by atoms with van der Waals surface area (Å²) in [5.74, 6) is 0. The molecule has 0 bridgehead atoms. The average Bonchev–Trinajstić information content (AvgIpc) is 2.76. The Hall–Kier alpha value is -2.61. The molecule has 1 aliphatic heterocycles. The van der Waals surface area contributed by atoms with Crippen molar-refractivity contribution < 1.29 is 27.4 Å². The minimum absolute atomic E-state index is 0.252. The van der Waals surface area contributed by atoms with E-state index >= 15 is 0 Å². The van der Waals surface area contributed by atoms with Crippen LogP contribution in [0.3, 0.4) is 0 Å². The van der Waals surface area contributed by atoms with Gasteiger partial charge >= 0.3 is 12.3 Å². The molecule has 34 heavy (non-hydrogen) atoms. The van der Waals surface area contributed by atoms with Crippen LogP contribution in [0.5, 0.6) is 0 Å². The second kappa shape index (κ2) is 9.94. The van der Waals surface area contributed by atoms with Crippen molar-refractivity contribution in [2.24, 2.45) is 0 Å². The predicted octanol–water partition coefficient (Wildman–Crippen LogP) is 6.46. The number of alkyl halides is 3. The standard InChI is InChI=1S/C26H33F3N2O3/c1-18-15-21(26(27,28)29)16-22(30-18)19(2)33-17-25(20-9-7-6-8-10-20)11-13-31(14-12-25)23(32)34-24(3,4)5/h6-10,15-16,19H,11-14,17H2,1-5H3. The molecule has 1 aromatic heterocycles. The minimum Gasteiger partial charge on any atom is -0.444 e. The molecule has 0 saturated carbocycles. The lowest BCUT2D eigenvalue weighted by atomic mass is 9.73. The van der Waals surface area contributed by atoms with Crippen molar-refractivity contribution in [2.45, 2.75) is 70.8 Å². The number of amides is 1. The SMILES string of the molecule is Cc1cc(C(F)(F)F)cc(C(C)OCC2(c3ccccc3)CCN(C(=O)OC(C)(C)C)CC2)n1. The van der Waals surface area contributed by atoms with E-state index in [9.17, 15) is 18.0 Å². The highest BCUT2D eigenvalue weighted by Crippen LogP contribution is 2.38. The summed E-state index contributed by atoms with van der Waals surface area (Å²) in [6.45, 7) is 10.1. The first-order chi connectivity index (χ1) is 15.8. The average molecular weight is 479 g/mol. The summed E-state index contributed by atoms with van der Waals surface area (Å²) in [5, 5.41) is 0. The summed E-state index contributed by atoms with van der Waals surface area (Å²) in [5.41, 5.74) is -0.0386. The second-order valence-corrected chi connectivity index (χ2v) is 9.99. The summed E-state index contributed by atoms with van der Waals surface area (Å²) in [7, 11) is 0. The van der Waals surface area contributed by atoms with Crippen molar-refractivity contribution in [3.8, 4) is 0 Å². The zero-order chi connectivity index (χ0) is 25.1. The fourth-order valence-corrected chi connectivity index (χ4v) is 4.19. The van der Waals surface area contributed by atoms with Gasteiger partial charge in [-0.2, -0.15) is 13.2 Å². The zero-order valence-corrected chi connectivity index (χ0v) is 20.4. The molecule has 0 aliphatic carbocycles. The van der Waals surface area contributed by atoms with Crippen LogP contribution in [-0.2, 0) is 21.1 Å². The maximum Gasteiger partial charge on any atom is 0.416 e. The lowest BCUT2D eigenvalue weighted by molar-refractivity contribution is -0.137. The van der Waals surface area contributed by atoms with Crippen LogP contribution in [-0.4, -0.2) is 41.3 Å². The van der Waals surface area contributed by atoms with Gasteiger partial charge in [-0.15, -0.1) is 0 Å². The fraction of sp³-hybridized carbons (Fsp3) is 0.538. The van der Waals surface area contributed by atoms with Crippen LogP contribution in [0.25, 0.3) is 0 Å². The van der Waals surface area contributed by atoms with Gasteiger partial charge in [-0.3, -0.25) is 4.98 Å². The second-order valence-electron chi connectivity index (χ2n) is 9.99. The molecule has 8 heteroatoms. The highest BCUT2D eigenvalue weighted by atomic mass is 19.4. The summed E-state index contributed by atoms with van der Waals surface area (Å²) >= 11 is 0. The third kappa shape index (κ3) is 6.50. The van der Waals surface area contributed by atoms with E-state index in [1.54, 1.807) is 18.7 Å². The zero-order valence-electron chi connectivity index (χ0n) is 20.4. The molecule has 1 aliphatic rings. The molecule has 0 spiro atoms. The lowest BCUT2D eigenvalue weighted by Crippen LogP contribution is -2.48. The Bertz CT molecular complexity index is 979. The molecular weight excluding hydrogens is 445 g/mol. The van der Waals surface area contributed by atoms with Gasteiger partial charge < -0.3 is 14.4 Å². The number of hydrogen-bond acceptors (Lipinski definition) is 4. The Balaban J connectivity index is 1.76. The van der Waals surface area contributed by atoms with E-state index in [0.717, 1.165) is 17.7 Å². The first kappa shape index (κ1) is 26.0. The van der Waals surface area contributed by atoms with E-state index in [2.05, 4.69) is 4.98 Å². The normalized spacial score (nSPS) is 17.4. The highest BCUT2D eigenvalue weighted by Gasteiger charge is 2.39. The fourth-order valence-electron chi connectivity index (χ4n) is 4.19. The number of likely N-dealkylation sites (tertiary alicyclic amines) is 1. The van der Waals surface area contributed by atoms with Crippen molar-refractivity contribution in [1.82, 2.24) is 9.88 Å². The Morgan fingerprint density at radius 3 is 2.29 bits per heavy atom. The summed E-state index contributed by atoms with van der Waals surface area (Å²) < 4.78 is 51.5. The number of rotatable bonds is 5. The molecule has 2 aromatic rings. The van der Waals surface area contributed by atoms with Crippen molar-refractivity contribution >= 4 is 6.09 Å². The molecule has 1 amide bonds. The molecular formula is C26H33F3N2O3. The van der Waals surface area contributed by atoms with Crippen molar-refractivity contribution in [3.63, 3.8) is 0 Å². The van der Waals surface area contributed by atoms with Crippen molar-refractivity contribution in [3.05, 3.63) is 65.0 Å². The number of hydrogen-bond donors (Lipinski definition) is 0. The van der Waals surface area contributed by atoms with E-state index < -0.39 is 23.4 Å². The van der Waals surface area contributed by atoms with Gasteiger partial charge in [-0.25, -0.2) is 4.79 Å². The van der Waals surface area contributed by atoms with E-state index in [1.807, 2.05) is 51.1 Å². The molecule has 1 aromatic carbocycles. The Morgan fingerprint density at radius 2 is 1.74 bits per heavy atom. The molecule has 1 fully saturated rings. The maximum atomic E-state index is 13.3. The summed E-state index contributed by atoms with van der Waals surface area (Å²) in [4.78, 5) is 18.5. The van der Waals surface area contributed by atoms with Gasteiger partial charge in [0.25, 0.3) is 0 Å². The molecule has 0 N–H and O–H groups in total. The maximum absolute atomic E-state index is 13.3. The molecule has 1 atom stereocenters. The number of carbonyl (C=O) groups is 1. The van der Waals surface area contributed by atoms with E-state index in [1.165, 1.54) is 0 Å². The van der Waals surface area contributed by atoms with Gasteiger partial charge in [0.2, 0.25) is 0 Å². The number of ether oxygens (including phenoxy) is 2. The molecule has 186 valence electrons. The van der Waals surface area contributed by atoms with Crippen LogP contribution in [0.4, 0.5) is 18.0 Å².